The Hall–Kier alpha value is -2.81. The van der Waals surface area contributed by atoms with Crippen LogP contribution in [-0.2, 0) is 16.0 Å². The largest absolute Gasteiger partial charge is 0.451 e. The lowest BCUT2D eigenvalue weighted by molar-refractivity contribution is -0.119. The monoisotopic (exact) mass is 348 g/mol. The average Bonchev–Trinajstić information content (AvgIpc) is 3.08. The van der Waals surface area contributed by atoms with Crippen molar-refractivity contribution >= 4 is 35.0 Å². The minimum absolute atomic E-state index is 0.262. The third kappa shape index (κ3) is 4.35. The Labute approximate surface area is 142 Å². The molecule has 2 N–H and O–H groups in total. The Morgan fingerprint density at radius 2 is 2.08 bits per heavy atom. The molecule has 0 atom stereocenters. The maximum atomic E-state index is 11.9. The van der Waals surface area contributed by atoms with E-state index in [-0.39, 0.29) is 5.91 Å². The predicted molar refractivity (Wildman–Crippen MR) is 88.0 cm³/mol. The fraction of sp³-hybridized carbons (Fsp3) is 0.267. The number of benzene rings is 1. The maximum absolute atomic E-state index is 11.9. The highest BCUT2D eigenvalue weighted by Gasteiger charge is 2.17. The Kier molecular flexibility index (Phi) is 5.96. The normalized spacial score (nSPS) is 10.1. The number of aryl methyl sites for hydroxylation is 1. The van der Waals surface area contributed by atoms with Crippen LogP contribution in [-0.4, -0.2) is 41.0 Å². The zero-order chi connectivity index (χ0) is 17.5. The van der Waals surface area contributed by atoms with Crippen molar-refractivity contribution in [3.8, 4) is 0 Å². The summed E-state index contributed by atoms with van der Waals surface area (Å²) in [5, 5.41) is 8.88. The lowest BCUT2D eigenvalue weighted by Crippen LogP contribution is -2.22. The number of rotatable bonds is 6. The summed E-state index contributed by atoms with van der Waals surface area (Å²) in [6.45, 7) is 1.41. The van der Waals surface area contributed by atoms with Crippen LogP contribution in [0.15, 0.2) is 24.3 Å². The zero-order valence-corrected chi connectivity index (χ0v) is 14.0. The molecule has 0 aliphatic heterocycles. The molecule has 1 aromatic heterocycles. The van der Waals surface area contributed by atoms with Gasteiger partial charge < -0.3 is 15.4 Å². The number of aromatic nitrogens is 2. The van der Waals surface area contributed by atoms with E-state index >= 15 is 0 Å². The molecule has 9 heteroatoms. The van der Waals surface area contributed by atoms with Gasteiger partial charge in [0.1, 0.15) is 0 Å². The van der Waals surface area contributed by atoms with Crippen LogP contribution in [0.1, 0.15) is 32.6 Å². The van der Waals surface area contributed by atoms with Gasteiger partial charge in [0.2, 0.25) is 0 Å². The summed E-state index contributed by atoms with van der Waals surface area (Å²) in [6, 6.07) is 6.43. The van der Waals surface area contributed by atoms with E-state index in [1.54, 1.807) is 18.2 Å². The molecule has 8 nitrogen and oxygen atoms in total. The van der Waals surface area contributed by atoms with Gasteiger partial charge in [-0.3, -0.25) is 9.59 Å². The molecule has 0 bridgehead atoms. The summed E-state index contributed by atoms with van der Waals surface area (Å²) in [5.41, 5.74) is 1.39. The summed E-state index contributed by atoms with van der Waals surface area (Å²) in [5.74, 6) is -1.40. The number of carbonyl (C=O) groups excluding carboxylic acids is 3. The predicted octanol–water partition coefficient (Wildman–Crippen LogP) is 1.26. The van der Waals surface area contributed by atoms with Gasteiger partial charge in [0.05, 0.1) is 5.69 Å². The third-order valence-electron chi connectivity index (χ3n) is 3.05. The van der Waals surface area contributed by atoms with Gasteiger partial charge in [0, 0.05) is 18.3 Å². The Balaban J connectivity index is 1.92. The van der Waals surface area contributed by atoms with Crippen LogP contribution >= 0.6 is 11.5 Å². The number of hydrogen-bond acceptors (Lipinski definition) is 7. The third-order valence-corrected chi connectivity index (χ3v) is 3.79. The summed E-state index contributed by atoms with van der Waals surface area (Å²) in [7, 11) is 1.52. The fourth-order valence-electron chi connectivity index (χ4n) is 1.87. The van der Waals surface area contributed by atoms with Crippen molar-refractivity contribution in [2.75, 3.05) is 19.0 Å². The van der Waals surface area contributed by atoms with E-state index in [2.05, 4.69) is 20.2 Å². The molecule has 0 aliphatic rings. The van der Waals surface area contributed by atoms with Crippen LogP contribution in [0.4, 0.5) is 5.69 Å². The van der Waals surface area contributed by atoms with Crippen molar-refractivity contribution in [2.45, 2.75) is 13.3 Å². The lowest BCUT2D eigenvalue weighted by atomic mass is 10.2. The number of nitrogens with zero attached hydrogens (tertiary/aromatic N) is 2. The van der Waals surface area contributed by atoms with E-state index in [9.17, 15) is 14.4 Å². The van der Waals surface area contributed by atoms with Crippen molar-refractivity contribution in [2.24, 2.45) is 0 Å². The number of ether oxygens (including phenoxy) is 1. The summed E-state index contributed by atoms with van der Waals surface area (Å²) < 4.78 is 8.66. The second-order valence-electron chi connectivity index (χ2n) is 4.69. The highest BCUT2D eigenvalue weighted by Crippen LogP contribution is 2.13. The molecule has 0 radical (unpaired) electrons. The van der Waals surface area contributed by atoms with Crippen LogP contribution in [0.2, 0.25) is 0 Å². The smallest absolute Gasteiger partial charge is 0.352 e. The molecule has 24 heavy (non-hydrogen) atoms. The molecule has 2 rings (SSSR count). The molecular formula is C15H16N4O4S. The van der Waals surface area contributed by atoms with Crippen LogP contribution in [0.5, 0.6) is 0 Å². The molecule has 1 aromatic carbocycles. The molecule has 0 saturated heterocycles. The number of carbonyl (C=O) groups is 3. The van der Waals surface area contributed by atoms with Crippen LogP contribution in [0.3, 0.4) is 0 Å². The standard InChI is InChI=1S/C15H16N4O4S/c1-3-11-13(24-19-18-11)15(22)23-8-12(20)17-10-6-4-5-9(7-10)14(21)16-2/h4-7H,3,8H2,1-2H3,(H,16,21)(H,17,20). The topological polar surface area (TPSA) is 110 Å². The molecular weight excluding hydrogens is 332 g/mol. The minimum atomic E-state index is -0.629. The van der Waals surface area contributed by atoms with E-state index in [0.717, 1.165) is 11.5 Å². The van der Waals surface area contributed by atoms with Gasteiger partial charge in [-0.15, -0.1) is 5.10 Å². The number of anilines is 1. The Bertz CT molecular complexity index is 759. The van der Waals surface area contributed by atoms with Gasteiger partial charge in [-0.1, -0.05) is 17.5 Å². The van der Waals surface area contributed by atoms with E-state index < -0.39 is 18.5 Å². The minimum Gasteiger partial charge on any atom is -0.451 e. The van der Waals surface area contributed by atoms with Crippen molar-refractivity contribution in [1.82, 2.24) is 14.9 Å². The molecule has 0 aliphatic carbocycles. The molecule has 0 spiro atoms. The molecule has 0 saturated carbocycles. The lowest BCUT2D eigenvalue weighted by Gasteiger charge is -2.07. The number of esters is 1. The van der Waals surface area contributed by atoms with E-state index in [1.807, 2.05) is 6.92 Å². The SMILES string of the molecule is CCc1nnsc1C(=O)OCC(=O)Nc1cccc(C(=O)NC)c1. The van der Waals surface area contributed by atoms with Crippen molar-refractivity contribution in [3.63, 3.8) is 0 Å². The van der Waals surface area contributed by atoms with E-state index in [0.29, 0.717) is 28.2 Å². The van der Waals surface area contributed by atoms with Gasteiger partial charge >= 0.3 is 5.97 Å². The first-order valence-corrected chi connectivity index (χ1v) is 7.92. The molecule has 0 fully saturated rings. The van der Waals surface area contributed by atoms with Gasteiger partial charge in [0.15, 0.2) is 11.5 Å². The first-order chi connectivity index (χ1) is 11.5. The molecule has 2 amide bonds. The Morgan fingerprint density at radius 1 is 1.29 bits per heavy atom. The van der Waals surface area contributed by atoms with Crippen molar-refractivity contribution in [1.29, 1.82) is 0 Å². The highest BCUT2D eigenvalue weighted by atomic mass is 32.1. The van der Waals surface area contributed by atoms with Gasteiger partial charge in [0.25, 0.3) is 11.8 Å². The van der Waals surface area contributed by atoms with Crippen molar-refractivity contribution in [3.05, 3.63) is 40.4 Å². The van der Waals surface area contributed by atoms with Gasteiger partial charge in [-0.05, 0) is 36.2 Å². The van der Waals surface area contributed by atoms with E-state index in [1.165, 1.54) is 13.1 Å². The van der Waals surface area contributed by atoms with Gasteiger partial charge in [-0.2, -0.15) is 0 Å². The molecule has 1 heterocycles. The van der Waals surface area contributed by atoms with Crippen LogP contribution in [0.25, 0.3) is 0 Å². The second-order valence-corrected chi connectivity index (χ2v) is 5.44. The number of hydrogen-bond donors (Lipinski definition) is 2. The zero-order valence-electron chi connectivity index (χ0n) is 13.2. The van der Waals surface area contributed by atoms with Crippen molar-refractivity contribution < 1.29 is 19.1 Å². The quantitative estimate of drug-likeness (QED) is 0.760. The van der Waals surface area contributed by atoms with Crippen LogP contribution < -0.4 is 10.6 Å². The van der Waals surface area contributed by atoms with E-state index in [4.69, 9.17) is 4.74 Å². The molecule has 126 valence electrons. The average molecular weight is 348 g/mol. The fourth-order valence-corrected chi connectivity index (χ4v) is 2.52. The summed E-state index contributed by atoms with van der Waals surface area (Å²) >= 11 is 0.934. The van der Waals surface area contributed by atoms with Crippen LogP contribution in [0, 0.1) is 0 Å². The first kappa shape index (κ1) is 17.5. The molecule has 0 unspecified atom stereocenters. The molecule has 2 aromatic rings. The second kappa shape index (κ2) is 8.16. The van der Waals surface area contributed by atoms with Gasteiger partial charge in [-0.25, -0.2) is 4.79 Å². The number of amides is 2. The summed E-state index contributed by atoms with van der Waals surface area (Å²) in [4.78, 5) is 35.6. The first-order valence-electron chi connectivity index (χ1n) is 7.15. The highest BCUT2D eigenvalue weighted by molar-refractivity contribution is 7.07. The summed E-state index contributed by atoms with van der Waals surface area (Å²) in [6.07, 6.45) is 0.555. The maximum Gasteiger partial charge on any atom is 0.352 e. The number of nitrogens with one attached hydrogen (secondary N) is 2. The Morgan fingerprint density at radius 3 is 2.79 bits per heavy atom.